The van der Waals surface area contributed by atoms with Gasteiger partial charge in [0, 0.05) is 11.0 Å². The first-order chi connectivity index (χ1) is 6.08. The van der Waals surface area contributed by atoms with Gasteiger partial charge in [-0.15, -0.1) is 0 Å². The van der Waals surface area contributed by atoms with Crippen molar-refractivity contribution in [1.29, 1.82) is 0 Å². The zero-order valence-electron chi connectivity index (χ0n) is 9.05. The Balaban J connectivity index is 2.22. The molecule has 0 saturated heterocycles. The van der Waals surface area contributed by atoms with Crippen molar-refractivity contribution < 1.29 is 0 Å². The molecule has 1 rings (SSSR count). The van der Waals surface area contributed by atoms with E-state index in [-0.39, 0.29) is 4.75 Å². The van der Waals surface area contributed by atoms with Gasteiger partial charge in [0.2, 0.25) is 0 Å². The Hall–Kier alpha value is 0.0200. The molecule has 0 atom stereocenters. The predicted molar refractivity (Wildman–Crippen MR) is 62.4 cm³/mol. The van der Waals surface area contributed by atoms with Crippen molar-refractivity contribution in [2.45, 2.75) is 57.6 Å². The summed E-state index contributed by atoms with van der Waals surface area (Å²) in [6.45, 7) is 6.61. The van der Waals surface area contributed by atoms with E-state index in [1.54, 1.807) is 11.9 Å². The molecule has 0 amide bonds. The lowest BCUT2D eigenvalue weighted by Gasteiger charge is -2.18. The maximum absolute atomic E-state index is 4.46. The van der Waals surface area contributed by atoms with Crippen LogP contribution in [-0.2, 0) is 0 Å². The van der Waals surface area contributed by atoms with Gasteiger partial charge in [-0.3, -0.25) is 0 Å². The Labute approximate surface area is 86.5 Å². The molecule has 2 heteroatoms. The minimum absolute atomic E-state index is 0.269. The molecule has 0 aromatic heterocycles. The molecule has 0 aromatic carbocycles. The molecule has 13 heavy (non-hydrogen) atoms. The van der Waals surface area contributed by atoms with E-state index in [0.29, 0.717) is 0 Å². The first-order valence-corrected chi connectivity index (χ1v) is 6.07. The molecule has 0 aliphatic heterocycles. The van der Waals surface area contributed by atoms with Crippen LogP contribution in [0.2, 0.25) is 0 Å². The van der Waals surface area contributed by atoms with Gasteiger partial charge in [0.1, 0.15) is 0 Å². The zero-order chi connectivity index (χ0) is 9.73. The Morgan fingerprint density at radius 2 is 1.77 bits per heavy atom. The second-order valence-electron chi connectivity index (χ2n) is 4.86. The quantitative estimate of drug-likeness (QED) is 0.482. The molecule has 1 aliphatic rings. The highest BCUT2D eigenvalue weighted by Crippen LogP contribution is 2.26. The maximum atomic E-state index is 4.46. The standard InChI is InChI=1S/C11H21NS/c1-11(2,3)13-12-9-10-7-5-4-6-8-10/h9-10H,4-8H2,1-3H3/b12-9+. The second-order valence-corrected chi connectivity index (χ2v) is 6.47. The Bertz CT molecular complexity index is 163. The monoisotopic (exact) mass is 199 g/mol. The highest BCUT2D eigenvalue weighted by molar-refractivity contribution is 7.99. The second kappa shape index (κ2) is 5.04. The predicted octanol–water partition coefficient (Wildman–Crippen LogP) is 4.08. The van der Waals surface area contributed by atoms with Gasteiger partial charge in [0.05, 0.1) is 0 Å². The molecule has 1 fully saturated rings. The molecule has 0 N–H and O–H groups in total. The average molecular weight is 199 g/mol. The van der Waals surface area contributed by atoms with Crippen LogP contribution in [0.4, 0.5) is 0 Å². The molecular formula is C11H21NS. The molecule has 0 bridgehead atoms. The third kappa shape index (κ3) is 5.35. The minimum atomic E-state index is 0.269. The van der Waals surface area contributed by atoms with Crippen LogP contribution in [0.1, 0.15) is 52.9 Å². The van der Waals surface area contributed by atoms with E-state index < -0.39 is 0 Å². The number of hydrogen-bond acceptors (Lipinski definition) is 2. The van der Waals surface area contributed by atoms with Gasteiger partial charge in [-0.1, -0.05) is 19.3 Å². The highest BCUT2D eigenvalue weighted by Gasteiger charge is 2.12. The van der Waals surface area contributed by atoms with Crippen molar-refractivity contribution in [3.63, 3.8) is 0 Å². The third-order valence-corrected chi connectivity index (χ3v) is 3.02. The fourth-order valence-electron chi connectivity index (χ4n) is 1.56. The van der Waals surface area contributed by atoms with Gasteiger partial charge in [-0.2, -0.15) is 0 Å². The van der Waals surface area contributed by atoms with E-state index in [1.165, 1.54) is 32.1 Å². The molecule has 0 spiro atoms. The molecule has 76 valence electrons. The minimum Gasteiger partial charge on any atom is -0.228 e. The summed E-state index contributed by atoms with van der Waals surface area (Å²) in [6, 6.07) is 0. The van der Waals surface area contributed by atoms with Crippen LogP contribution in [0.15, 0.2) is 4.40 Å². The topological polar surface area (TPSA) is 12.4 Å². The summed E-state index contributed by atoms with van der Waals surface area (Å²) in [5.41, 5.74) is 0. The molecule has 0 heterocycles. The molecule has 1 nitrogen and oxygen atoms in total. The first kappa shape index (κ1) is 11.1. The largest absolute Gasteiger partial charge is 0.228 e. The summed E-state index contributed by atoms with van der Waals surface area (Å²) >= 11 is 1.70. The van der Waals surface area contributed by atoms with Gasteiger partial charge in [-0.05, 0) is 51.5 Å². The van der Waals surface area contributed by atoms with Crippen LogP contribution < -0.4 is 0 Å². The fraction of sp³-hybridized carbons (Fsp3) is 0.909. The van der Waals surface area contributed by atoms with Crippen molar-refractivity contribution in [2.24, 2.45) is 10.3 Å². The van der Waals surface area contributed by atoms with E-state index in [0.717, 1.165) is 5.92 Å². The van der Waals surface area contributed by atoms with E-state index >= 15 is 0 Å². The summed E-state index contributed by atoms with van der Waals surface area (Å²) in [7, 11) is 0. The lowest BCUT2D eigenvalue weighted by atomic mass is 9.90. The van der Waals surface area contributed by atoms with E-state index in [1.807, 2.05) is 0 Å². The van der Waals surface area contributed by atoms with Crippen molar-refractivity contribution in [2.75, 3.05) is 0 Å². The lowest BCUT2D eigenvalue weighted by molar-refractivity contribution is 0.445. The van der Waals surface area contributed by atoms with Crippen LogP contribution >= 0.6 is 11.9 Å². The third-order valence-electron chi connectivity index (χ3n) is 2.25. The summed E-state index contributed by atoms with van der Waals surface area (Å²) < 4.78 is 4.73. The molecule has 0 unspecified atom stereocenters. The molecule has 0 radical (unpaired) electrons. The highest BCUT2D eigenvalue weighted by atomic mass is 32.2. The smallest absolute Gasteiger partial charge is 0.0294 e. The summed E-state index contributed by atoms with van der Waals surface area (Å²) in [5.74, 6) is 0.767. The SMILES string of the molecule is CC(C)(C)S/N=C/C1CCCCC1. The number of rotatable bonds is 2. The Morgan fingerprint density at radius 3 is 2.31 bits per heavy atom. The van der Waals surface area contributed by atoms with Crippen LogP contribution in [-0.4, -0.2) is 11.0 Å². The van der Waals surface area contributed by atoms with E-state index in [2.05, 4.69) is 31.4 Å². The first-order valence-electron chi connectivity index (χ1n) is 5.29. The average Bonchev–Trinajstić information content (AvgIpc) is 2.04. The molecule has 1 aliphatic carbocycles. The normalized spacial score (nSPS) is 21.2. The Morgan fingerprint density at radius 1 is 1.15 bits per heavy atom. The summed E-state index contributed by atoms with van der Waals surface area (Å²) in [5, 5.41) is 0. The Kier molecular flexibility index (Phi) is 4.30. The van der Waals surface area contributed by atoms with Crippen LogP contribution in [0.3, 0.4) is 0 Å². The van der Waals surface area contributed by atoms with Gasteiger partial charge < -0.3 is 0 Å². The van der Waals surface area contributed by atoms with Gasteiger partial charge in [0.15, 0.2) is 0 Å². The van der Waals surface area contributed by atoms with Gasteiger partial charge >= 0.3 is 0 Å². The molecular weight excluding hydrogens is 178 g/mol. The van der Waals surface area contributed by atoms with Crippen LogP contribution in [0, 0.1) is 5.92 Å². The molecule has 0 aromatic rings. The van der Waals surface area contributed by atoms with Crippen molar-refractivity contribution in [1.82, 2.24) is 0 Å². The number of nitrogens with zero attached hydrogens (tertiary/aromatic N) is 1. The van der Waals surface area contributed by atoms with Crippen LogP contribution in [0.25, 0.3) is 0 Å². The van der Waals surface area contributed by atoms with Gasteiger partial charge in [-0.25, -0.2) is 4.40 Å². The van der Waals surface area contributed by atoms with E-state index in [9.17, 15) is 0 Å². The van der Waals surface area contributed by atoms with E-state index in [4.69, 9.17) is 0 Å². The van der Waals surface area contributed by atoms with Crippen LogP contribution in [0.5, 0.6) is 0 Å². The zero-order valence-corrected chi connectivity index (χ0v) is 9.86. The maximum Gasteiger partial charge on any atom is 0.0294 e. The van der Waals surface area contributed by atoms with Crippen molar-refractivity contribution >= 4 is 18.2 Å². The van der Waals surface area contributed by atoms with Crippen molar-refractivity contribution in [3.05, 3.63) is 0 Å². The summed E-state index contributed by atoms with van der Waals surface area (Å²) in [6.07, 6.45) is 9.11. The van der Waals surface area contributed by atoms with Gasteiger partial charge in [0.25, 0.3) is 0 Å². The van der Waals surface area contributed by atoms with Crippen molar-refractivity contribution in [3.8, 4) is 0 Å². The number of hydrogen-bond donors (Lipinski definition) is 0. The molecule has 1 saturated carbocycles. The summed E-state index contributed by atoms with van der Waals surface area (Å²) in [4.78, 5) is 0. The lowest BCUT2D eigenvalue weighted by Crippen LogP contribution is -2.08. The fourth-order valence-corrected chi connectivity index (χ4v) is 2.11.